The molecule has 1 N–H and O–H groups in total. The van der Waals surface area contributed by atoms with E-state index in [1.165, 1.54) is 12.1 Å². The molecule has 2 heterocycles. The Morgan fingerprint density at radius 2 is 1.86 bits per heavy atom. The normalized spacial score (nSPS) is 17.7. The Morgan fingerprint density at radius 1 is 1.06 bits per heavy atom. The second kappa shape index (κ2) is 9.02. The van der Waals surface area contributed by atoms with Gasteiger partial charge in [0.05, 0.1) is 39.1 Å². The van der Waals surface area contributed by atoms with Gasteiger partial charge in [-0.1, -0.05) is 30.3 Å². The first-order valence-electron chi connectivity index (χ1n) is 11.3. The van der Waals surface area contributed by atoms with Crippen LogP contribution in [0.3, 0.4) is 0 Å². The van der Waals surface area contributed by atoms with Crippen LogP contribution in [0, 0.1) is 11.3 Å². The van der Waals surface area contributed by atoms with Crippen molar-refractivity contribution >= 4 is 9.84 Å². The molecule has 8 heteroatoms. The number of ether oxygens (including phenoxy) is 1. The van der Waals surface area contributed by atoms with Crippen LogP contribution >= 0.6 is 0 Å². The average Bonchev–Trinajstić information content (AvgIpc) is 3.55. The summed E-state index contributed by atoms with van der Waals surface area (Å²) in [5.74, 6) is 0.708. The van der Waals surface area contributed by atoms with Gasteiger partial charge in [0.25, 0.3) is 0 Å². The molecule has 1 aliphatic heterocycles. The molecule has 1 atom stereocenters. The number of nitriles is 1. The van der Waals surface area contributed by atoms with E-state index >= 15 is 0 Å². The van der Waals surface area contributed by atoms with Crippen molar-refractivity contribution in [2.45, 2.75) is 28.2 Å². The Bertz CT molecular complexity index is 1520. The van der Waals surface area contributed by atoms with Crippen LogP contribution < -0.4 is 10.1 Å². The first-order chi connectivity index (χ1) is 16.9. The van der Waals surface area contributed by atoms with Gasteiger partial charge in [0.2, 0.25) is 9.84 Å². The van der Waals surface area contributed by atoms with E-state index in [0.29, 0.717) is 17.1 Å². The molecule has 1 fully saturated rings. The minimum atomic E-state index is -3.70. The highest BCUT2D eigenvalue weighted by molar-refractivity contribution is 7.91. The molecule has 35 heavy (non-hydrogen) atoms. The molecular weight excluding hydrogens is 460 g/mol. The fourth-order valence-electron chi connectivity index (χ4n) is 4.66. The molecule has 0 saturated carbocycles. The summed E-state index contributed by atoms with van der Waals surface area (Å²) in [7, 11) is -1.74. The lowest BCUT2D eigenvalue weighted by Crippen LogP contribution is -2.39. The number of nitrogens with zero attached hydrogens (tertiary/aromatic N) is 3. The predicted molar refractivity (Wildman–Crippen MR) is 131 cm³/mol. The molecule has 176 valence electrons. The number of nitrogens with one attached hydrogen (secondary N) is 1. The van der Waals surface area contributed by atoms with E-state index in [0.717, 1.165) is 30.6 Å². The lowest BCUT2D eigenvalue weighted by molar-refractivity contribution is 0.438. The summed E-state index contributed by atoms with van der Waals surface area (Å²) < 4.78 is 34.3. The fourth-order valence-corrected chi connectivity index (χ4v) is 5.97. The van der Waals surface area contributed by atoms with Gasteiger partial charge in [0.15, 0.2) is 0 Å². The van der Waals surface area contributed by atoms with Crippen LogP contribution in [0.15, 0.2) is 95.1 Å². The molecule has 0 spiro atoms. The van der Waals surface area contributed by atoms with Gasteiger partial charge in [-0.15, -0.1) is 0 Å². The lowest BCUT2D eigenvalue weighted by atomic mass is 9.84. The molecule has 4 aromatic rings. The number of hydrogen-bond acceptors (Lipinski definition) is 6. The monoisotopic (exact) mass is 484 g/mol. The maximum atomic E-state index is 13.1. The number of benzene rings is 3. The van der Waals surface area contributed by atoms with Gasteiger partial charge >= 0.3 is 0 Å². The Labute approximate surface area is 204 Å². The Balaban J connectivity index is 1.54. The van der Waals surface area contributed by atoms with E-state index in [1.54, 1.807) is 54.9 Å². The van der Waals surface area contributed by atoms with Gasteiger partial charge < -0.3 is 14.6 Å². The van der Waals surface area contributed by atoms with Crippen molar-refractivity contribution in [3.63, 3.8) is 0 Å². The maximum absolute atomic E-state index is 13.1. The number of sulfone groups is 1. The second-order valence-electron chi connectivity index (χ2n) is 8.54. The van der Waals surface area contributed by atoms with E-state index in [2.05, 4.69) is 16.4 Å². The van der Waals surface area contributed by atoms with Crippen LogP contribution in [0.5, 0.6) is 11.5 Å². The molecule has 3 aromatic carbocycles. The van der Waals surface area contributed by atoms with Crippen molar-refractivity contribution < 1.29 is 13.2 Å². The van der Waals surface area contributed by atoms with Gasteiger partial charge in [0, 0.05) is 7.05 Å². The number of aryl methyl sites for hydroxylation is 1. The molecule has 0 amide bonds. The van der Waals surface area contributed by atoms with Gasteiger partial charge in [0.1, 0.15) is 17.6 Å². The van der Waals surface area contributed by atoms with Crippen LogP contribution in [-0.4, -0.2) is 24.5 Å². The second-order valence-corrected chi connectivity index (χ2v) is 10.5. The van der Waals surface area contributed by atoms with Crippen LogP contribution in [-0.2, 0) is 22.4 Å². The van der Waals surface area contributed by atoms with Gasteiger partial charge in [-0.25, -0.2) is 13.4 Å². The highest BCUT2D eigenvalue weighted by Gasteiger charge is 2.39. The van der Waals surface area contributed by atoms with E-state index in [-0.39, 0.29) is 9.79 Å². The molecular formula is C27H24N4O3S. The Hall–Kier alpha value is -3.93. The summed E-state index contributed by atoms with van der Waals surface area (Å²) in [6.45, 7) is 0.862. The topological polar surface area (TPSA) is 97.0 Å². The summed E-state index contributed by atoms with van der Waals surface area (Å²) in [5, 5.41) is 13.3. The van der Waals surface area contributed by atoms with Crippen LogP contribution in [0.2, 0.25) is 0 Å². The number of rotatable bonds is 6. The zero-order valence-electron chi connectivity index (χ0n) is 19.2. The van der Waals surface area contributed by atoms with Crippen LogP contribution in [0.25, 0.3) is 0 Å². The summed E-state index contributed by atoms with van der Waals surface area (Å²) in [5.41, 5.74) is 1.90. The molecule has 1 aliphatic rings. The molecule has 0 radical (unpaired) electrons. The van der Waals surface area contributed by atoms with Crippen molar-refractivity contribution in [3.05, 3.63) is 102 Å². The minimum absolute atomic E-state index is 0.125. The Morgan fingerprint density at radius 3 is 2.54 bits per heavy atom. The summed E-state index contributed by atoms with van der Waals surface area (Å²) in [4.78, 5) is 4.64. The third kappa shape index (κ3) is 4.09. The fraction of sp³-hybridized carbons (Fsp3) is 0.185. The Kier molecular flexibility index (Phi) is 5.89. The third-order valence-electron chi connectivity index (χ3n) is 6.40. The van der Waals surface area contributed by atoms with Crippen molar-refractivity contribution in [1.82, 2.24) is 14.9 Å². The van der Waals surface area contributed by atoms with Crippen LogP contribution in [0.4, 0.5) is 0 Å². The number of imidazole rings is 1. The van der Waals surface area contributed by atoms with Crippen LogP contribution in [0.1, 0.15) is 29.7 Å². The molecule has 0 aliphatic carbocycles. The van der Waals surface area contributed by atoms with E-state index in [4.69, 9.17) is 4.74 Å². The van der Waals surface area contributed by atoms with Crippen molar-refractivity contribution in [2.24, 2.45) is 7.05 Å². The molecule has 5 rings (SSSR count). The lowest BCUT2D eigenvalue weighted by Gasteiger charge is -2.31. The number of hydrogen-bond donors (Lipinski definition) is 1. The molecule has 1 unspecified atom stereocenters. The van der Waals surface area contributed by atoms with Gasteiger partial charge in [-0.05, 0) is 67.4 Å². The quantitative estimate of drug-likeness (QED) is 0.431. The minimum Gasteiger partial charge on any atom is -0.456 e. The van der Waals surface area contributed by atoms with E-state index < -0.39 is 15.4 Å². The van der Waals surface area contributed by atoms with Gasteiger partial charge in [-0.3, -0.25) is 0 Å². The summed E-state index contributed by atoms with van der Waals surface area (Å²) >= 11 is 0. The largest absolute Gasteiger partial charge is 0.456 e. The average molecular weight is 485 g/mol. The predicted octanol–water partition coefficient (Wildman–Crippen LogP) is 4.54. The van der Waals surface area contributed by atoms with Crippen molar-refractivity contribution in [2.75, 3.05) is 6.54 Å². The first kappa shape index (κ1) is 22.8. The van der Waals surface area contributed by atoms with E-state index in [9.17, 15) is 13.7 Å². The molecule has 0 bridgehead atoms. The maximum Gasteiger partial charge on any atom is 0.206 e. The first-order valence-corrected chi connectivity index (χ1v) is 12.8. The smallest absolute Gasteiger partial charge is 0.206 e. The summed E-state index contributed by atoms with van der Waals surface area (Å²) in [6, 6.07) is 22.3. The highest BCUT2D eigenvalue weighted by Crippen LogP contribution is 2.40. The molecule has 7 nitrogen and oxygen atoms in total. The standard InChI is InChI=1S/C27H24N4O3S/c1-31-19-29-18-26(31)27(13-6-14-30-27)21-12-11-20(17-28)25(15-21)34-22-7-5-10-24(16-22)35(32,33)23-8-3-2-4-9-23/h2-5,7-12,15-16,18-19,30H,6,13-14H2,1H3. The zero-order valence-corrected chi connectivity index (χ0v) is 20.0. The SMILES string of the molecule is Cn1cncc1C1(c2ccc(C#N)c(Oc3cccc(S(=O)(=O)c4ccccc4)c3)c2)CCCN1. The van der Waals surface area contributed by atoms with Gasteiger partial charge in [-0.2, -0.15) is 5.26 Å². The zero-order chi connectivity index (χ0) is 24.5. The molecule has 1 aromatic heterocycles. The third-order valence-corrected chi connectivity index (χ3v) is 8.17. The van der Waals surface area contributed by atoms with E-state index in [1.807, 2.05) is 29.9 Å². The molecule has 1 saturated heterocycles. The van der Waals surface area contributed by atoms with Crippen molar-refractivity contribution in [3.8, 4) is 17.6 Å². The van der Waals surface area contributed by atoms with Crippen molar-refractivity contribution in [1.29, 1.82) is 5.26 Å². The number of aromatic nitrogens is 2. The summed E-state index contributed by atoms with van der Waals surface area (Å²) in [6.07, 6.45) is 5.51. The highest BCUT2D eigenvalue weighted by atomic mass is 32.2.